The Bertz CT molecular complexity index is 1400. The van der Waals surface area contributed by atoms with Crippen molar-refractivity contribution in [1.82, 2.24) is 0 Å². The predicted molar refractivity (Wildman–Crippen MR) is 172 cm³/mol. The van der Waals surface area contributed by atoms with Gasteiger partial charge in [0.1, 0.15) is 0 Å². The van der Waals surface area contributed by atoms with Crippen molar-refractivity contribution < 1.29 is 16.5 Å². The van der Waals surface area contributed by atoms with Crippen LogP contribution in [0.4, 0.5) is 11.4 Å². The molecule has 0 unspecified atom stereocenters. The van der Waals surface area contributed by atoms with E-state index < -0.39 is 0 Å². The van der Waals surface area contributed by atoms with Gasteiger partial charge >= 0.3 is 0 Å². The van der Waals surface area contributed by atoms with E-state index in [-0.39, 0.29) is 23.9 Å². The van der Waals surface area contributed by atoms with Crippen LogP contribution in [-0.4, -0.2) is 11.4 Å². The number of para-hydroxylation sites is 2. The second-order valence-electron chi connectivity index (χ2n) is 11.8. The zero-order chi connectivity index (χ0) is 27.1. The van der Waals surface area contributed by atoms with E-state index in [0.29, 0.717) is 23.7 Å². The first-order valence-electron chi connectivity index (χ1n) is 14.1. The van der Waals surface area contributed by atoms with Gasteiger partial charge in [0.15, 0.2) is 0 Å². The topological polar surface area (TPSA) is 24.7 Å². The third-order valence-corrected chi connectivity index (χ3v) is 7.77. The summed E-state index contributed by atoms with van der Waals surface area (Å²) in [4.78, 5) is 11.1. The SMILES string of the molecule is CC(C)c1cccc(C(C)C)c1N=C1C(=Nc2c(C(C)C)cccc2C(C)C)c2cccc3cccc1c23.[CH3-].[Ni]. The van der Waals surface area contributed by atoms with E-state index in [1.807, 2.05) is 0 Å². The average Bonchev–Trinajstić information content (AvgIpc) is 3.17. The molecule has 0 heterocycles. The van der Waals surface area contributed by atoms with Crippen LogP contribution in [0.15, 0.2) is 82.8 Å². The van der Waals surface area contributed by atoms with E-state index in [1.165, 1.54) is 44.2 Å². The Morgan fingerprint density at radius 2 is 0.750 bits per heavy atom. The Labute approximate surface area is 252 Å². The van der Waals surface area contributed by atoms with Crippen molar-refractivity contribution in [3.63, 3.8) is 0 Å². The summed E-state index contributed by atoms with van der Waals surface area (Å²) in [6.07, 6.45) is 0. The molecule has 1 aliphatic rings. The molecule has 4 aromatic rings. The fraction of sp³-hybridized carbons (Fsp3) is 0.324. The first-order valence-corrected chi connectivity index (χ1v) is 14.1. The first kappa shape index (κ1) is 31.5. The quantitative estimate of drug-likeness (QED) is 0.162. The Morgan fingerprint density at radius 1 is 0.450 bits per heavy atom. The van der Waals surface area contributed by atoms with Gasteiger partial charge in [-0.25, -0.2) is 9.98 Å². The van der Waals surface area contributed by atoms with E-state index in [9.17, 15) is 0 Å². The molecule has 0 bridgehead atoms. The minimum absolute atomic E-state index is 0. The molecule has 3 heteroatoms. The van der Waals surface area contributed by atoms with Crippen molar-refractivity contribution in [2.45, 2.75) is 79.1 Å². The third-order valence-electron chi connectivity index (χ3n) is 7.77. The van der Waals surface area contributed by atoms with Crippen molar-refractivity contribution in [2.75, 3.05) is 0 Å². The Hall–Kier alpha value is -3.03. The van der Waals surface area contributed by atoms with Gasteiger partial charge in [0, 0.05) is 33.0 Å². The van der Waals surface area contributed by atoms with E-state index in [1.54, 1.807) is 0 Å². The van der Waals surface area contributed by atoms with Crippen molar-refractivity contribution in [1.29, 1.82) is 0 Å². The molecule has 0 amide bonds. The molecule has 0 radical (unpaired) electrons. The smallest absolute Gasteiger partial charge is 0.0979 e. The summed E-state index contributed by atoms with van der Waals surface area (Å²) in [6.45, 7) is 18.1. The second kappa shape index (κ2) is 12.7. The molecule has 0 saturated carbocycles. The van der Waals surface area contributed by atoms with Crippen LogP contribution < -0.4 is 0 Å². The zero-order valence-electron chi connectivity index (χ0n) is 25.4. The molecule has 2 nitrogen and oxygen atoms in total. The molecule has 0 atom stereocenters. The van der Waals surface area contributed by atoms with Gasteiger partial charge in [-0.2, -0.15) is 0 Å². The van der Waals surface area contributed by atoms with Gasteiger partial charge in [-0.1, -0.05) is 128 Å². The van der Waals surface area contributed by atoms with Gasteiger partial charge in [0.2, 0.25) is 0 Å². The van der Waals surface area contributed by atoms with Crippen molar-refractivity contribution in [3.05, 3.63) is 114 Å². The van der Waals surface area contributed by atoms with Crippen LogP contribution in [0, 0.1) is 7.43 Å². The zero-order valence-corrected chi connectivity index (χ0v) is 26.4. The van der Waals surface area contributed by atoms with Crippen molar-refractivity contribution >= 4 is 33.6 Å². The minimum atomic E-state index is 0. The summed E-state index contributed by atoms with van der Waals surface area (Å²) in [5.74, 6) is 1.51. The monoisotopic (exact) mass is 573 g/mol. The molecule has 0 spiro atoms. The summed E-state index contributed by atoms with van der Waals surface area (Å²) >= 11 is 0. The summed E-state index contributed by atoms with van der Waals surface area (Å²) < 4.78 is 0. The normalized spacial score (nSPS) is 14.6. The van der Waals surface area contributed by atoms with Gasteiger partial charge in [0.05, 0.1) is 22.8 Å². The standard InChI is InChI=1S/C36H40N2.CH3.Ni/c1-21(2)26-15-11-16-27(22(3)4)33(26)37-35-30-19-9-13-25-14-10-20-31(32(25)30)36(35)38-34-28(23(5)6)17-12-18-29(34)24(7)8;;/h9-24H,1-8H3;1H3;/q;-1;. The van der Waals surface area contributed by atoms with Crippen molar-refractivity contribution in [2.24, 2.45) is 9.98 Å². The molecular weight excluding hydrogens is 531 g/mol. The average molecular weight is 574 g/mol. The molecule has 40 heavy (non-hydrogen) atoms. The van der Waals surface area contributed by atoms with E-state index >= 15 is 0 Å². The van der Waals surface area contributed by atoms with Crippen LogP contribution in [0.2, 0.25) is 0 Å². The van der Waals surface area contributed by atoms with Crippen LogP contribution in [0.5, 0.6) is 0 Å². The number of hydrogen-bond donors (Lipinski definition) is 0. The van der Waals surface area contributed by atoms with Gasteiger partial charge in [0.25, 0.3) is 0 Å². The van der Waals surface area contributed by atoms with Gasteiger partial charge in [-0.05, 0) is 51.3 Å². The maximum Gasteiger partial charge on any atom is 0.0979 e. The Balaban J connectivity index is 0.00000220. The molecular formula is C37H43N2Ni-. The van der Waals surface area contributed by atoms with Crippen molar-refractivity contribution in [3.8, 4) is 0 Å². The summed E-state index contributed by atoms with van der Waals surface area (Å²) in [7, 11) is 0. The molecule has 0 saturated heterocycles. The van der Waals surface area contributed by atoms with Crippen LogP contribution in [-0.2, 0) is 16.5 Å². The molecule has 0 aliphatic heterocycles. The van der Waals surface area contributed by atoms with Crippen LogP contribution in [0.3, 0.4) is 0 Å². The molecule has 1 aliphatic carbocycles. The van der Waals surface area contributed by atoms with Crippen LogP contribution in [0.25, 0.3) is 10.8 Å². The number of nitrogens with zero attached hydrogens (tertiary/aromatic N) is 2. The Kier molecular flexibility index (Phi) is 9.96. The number of benzene rings is 4. The maximum absolute atomic E-state index is 5.55. The molecule has 0 N–H and O–H groups in total. The molecule has 0 aromatic heterocycles. The summed E-state index contributed by atoms with van der Waals surface area (Å²) in [6, 6.07) is 26.5. The van der Waals surface area contributed by atoms with E-state index in [2.05, 4.69) is 128 Å². The Morgan fingerprint density at radius 3 is 1.05 bits per heavy atom. The van der Waals surface area contributed by atoms with Gasteiger partial charge < -0.3 is 7.43 Å². The third kappa shape index (κ3) is 5.59. The first-order chi connectivity index (χ1) is 18.2. The second-order valence-corrected chi connectivity index (χ2v) is 11.8. The van der Waals surface area contributed by atoms with E-state index in [4.69, 9.17) is 9.98 Å². The fourth-order valence-electron chi connectivity index (χ4n) is 5.72. The summed E-state index contributed by atoms with van der Waals surface area (Å²) in [5, 5.41) is 2.49. The van der Waals surface area contributed by atoms with Gasteiger partial charge in [-0.15, -0.1) is 0 Å². The molecule has 4 aromatic carbocycles. The molecule has 0 fully saturated rings. The fourth-order valence-corrected chi connectivity index (χ4v) is 5.72. The van der Waals surface area contributed by atoms with Crippen LogP contribution in [0.1, 0.15) is 112 Å². The van der Waals surface area contributed by atoms with E-state index in [0.717, 1.165) is 22.8 Å². The predicted octanol–water partition coefficient (Wildman–Crippen LogP) is 11.0. The number of rotatable bonds is 6. The maximum atomic E-state index is 5.55. The molecule has 5 rings (SSSR count). The van der Waals surface area contributed by atoms with Crippen LogP contribution >= 0.6 is 0 Å². The minimum Gasteiger partial charge on any atom is -0.358 e. The summed E-state index contributed by atoms with van der Waals surface area (Å²) in [5.41, 5.74) is 11.7. The largest absolute Gasteiger partial charge is 0.358 e. The van der Waals surface area contributed by atoms with Gasteiger partial charge in [-0.3, -0.25) is 0 Å². The number of hydrogen-bond acceptors (Lipinski definition) is 2. The molecule has 212 valence electrons. The number of aliphatic imine (C=N–C) groups is 2.